The van der Waals surface area contributed by atoms with Crippen LogP contribution in [0, 0.1) is 53.7 Å². The van der Waals surface area contributed by atoms with Gasteiger partial charge in [0, 0.05) is 52.2 Å². The maximum atomic E-state index is 6.67. The molecule has 0 aliphatic heterocycles. The number of benzene rings is 7. The number of ether oxygens (including phenoxy) is 1. The second-order valence-corrected chi connectivity index (χ2v) is 15.9. The topological polar surface area (TPSA) is 43.8 Å². The van der Waals surface area contributed by atoms with Gasteiger partial charge in [0.25, 0.3) is 0 Å². The van der Waals surface area contributed by atoms with E-state index in [0.29, 0.717) is 11.5 Å². The summed E-state index contributed by atoms with van der Waals surface area (Å²) in [5.74, 6) is 1.19. The number of hydrogen-bond donors (Lipinski definition) is 0. The fraction of sp³-hybridized carbons (Fsp3) is 0.111. The van der Waals surface area contributed by atoms with Crippen molar-refractivity contribution in [3.8, 4) is 45.0 Å². The van der Waals surface area contributed by atoms with Crippen molar-refractivity contribution in [2.45, 2.75) is 41.5 Å². The number of imidazole rings is 2. The summed E-state index contributed by atoms with van der Waals surface area (Å²) in [4.78, 5) is 10.00. The van der Waals surface area contributed by atoms with E-state index in [9.17, 15) is 0 Å². The van der Waals surface area contributed by atoms with Crippen molar-refractivity contribution >= 4 is 54.6 Å². The Morgan fingerprint density at radius 3 is 1.68 bits per heavy atom. The van der Waals surface area contributed by atoms with E-state index in [2.05, 4.69) is 172 Å². The molecule has 0 spiro atoms. The second-order valence-electron chi connectivity index (χ2n) is 15.9. The van der Waals surface area contributed by atoms with E-state index in [-0.39, 0.29) is 21.1 Å². The monoisotopic (exact) mass is 955 g/mol. The van der Waals surface area contributed by atoms with E-state index in [4.69, 9.17) is 14.7 Å². The predicted octanol–water partition coefficient (Wildman–Crippen LogP) is 13.8. The molecule has 0 radical (unpaired) electrons. The Morgan fingerprint density at radius 2 is 1.03 bits per heavy atom. The summed E-state index contributed by atoms with van der Waals surface area (Å²) in [6.07, 6.45) is 5.96. The molecule has 0 atom stereocenters. The van der Waals surface area contributed by atoms with E-state index >= 15 is 0 Å². The Kier molecular flexibility index (Phi) is 9.00. The van der Waals surface area contributed by atoms with Crippen LogP contribution < -0.4 is 4.74 Å². The van der Waals surface area contributed by atoms with Crippen molar-refractivity contribution in [2.24, 2.45) is 0 Å². The summed E-state index contributed by atoms with van der Waals surface area (Å²) in [6, 6.07) is 48.3. The van der Waals surface area contributed by atoms with Gasteiger partial charge < -0.3 is 13.5 Å². The largest absolute Gasteiger partial charge is 2.00 e. The zero-order valence-corrected chi connectivity index (χ0v) is 36.5. The molecule has 0 unspecified atom stereocenters. The third-order valence-corrected chi connectivity index (χ3v) is 12.3. The smallest absolute Gasteiger partial charge is 0.497 e. The normalized spacial score (nSPS) is 11.7. The molecule has 0 aliphatic rings. The van der Waals surface area contributed by atoms with Crippen molar-refractivity contribution in [2.75, 3.05) is 0 Å². The molecule has 0 amide bonds. The number of rotatable bonds is 5. The first-order valence-corrected chi connectivity index (χ1v) is 20.2. The molecule has 4 aromatic heterocycles. The summed E-state index contributed by atoms with van der Waals surface area (Å²) in [7, 11) is 0. The molecular weight excluding hydrogens is 916 g/mol. The van der Waals surface area contributed by atoms with Gasteiger partial charge in [0.15, 0.2) is 0 Å². The van der Waals surface area contributed by atoms with E-state index < -0.39 is 0 Å². The maximum absolute atomic E-state index is 6.67. The molecule has 60 heavy (non-hydrogen) atoms. The molecule has 0 aliphatic carbocycles. The van der Waals surface area contributed by atoms with Gasteiger partial charge in [-0.15, -0.1) is 12.1 Å². The van der Waals surface area contributed by atoms with Gasteiger partial charge in [-0.05, 0) is 108 Å². The van der Waals surface area contributed by atoms with Gasteiger partial charge >= 0.3 is 21.1 Å². The van der Waals surface area contributed by atoms with Gasteiger partial charge in [0.1, 0.15) is 0 Å². The fourth-order valence-corrected chi connectivity index (χ4v) is 9.69. The Morgan fingerprint density at radius 1 is 0.483 bits per heavy atom. The zero-order valence-electron chi connectivity index (χ0n) is 34.2. The molecule has 5 nitrogen and oxygen atoms in total. The van der Waals surface area contributed by atoms with Crippen LogP contribution in [0.25, 0.3) is 88.2 Å². The van der Waals surface area contributed by atoms with Crippen LogP contribution in [-0.4, -0.2) is 18.8 Å². The SMILES string of the molecule is Cc1cccc(C)c1-c1ccc2c3ccc(Oc4[c-]c5c(cc4)c4ccccc4n4c(-c6c(C)cccc6C)cnc54)[c-]c3c3nccn3c2c1-c1c(C)cccc1C.[Pt+2]. The summed E-state index contributed by atoms with van der Waals surface area (Å²) in [5.41, 5.74) is 18.5. The second kappa shape index (κ2) is 14.3. The minimum atomic E-state index is 0. The average molecular weight is 956 g/mol. The molecule has 4 heterocycles. The van der Waals surface area contributed by atoms with Crippen LogP contribution >= 0.6 is 0 Å². The van der Waals surface area contributed by atoms with Crippen LogP contribution in [0.2, 0.25) is 0 Å². The van der Waals surface area contributed by atoms with Crippen LogP contribution in [0.3, 0.4) is 0 Å². The van der Waals surface area contributed by atoms with Gasteiger partial charge in [-0.25, -0.2) is 0 Å². The number of aryl methyl sites for hydroxylation is 6. The van der Waals surface area contributed by atoms with Crippen molar-refractivity contribution < 1.29 is 25.8 Å². The summed E-state index contributed by atoms with van der Waals surface area (Å²) < 4.78 is 11.2. The molecule has 0 saturated carbocycles. The van der Waals surface area contributed by atoms with Crippen LogP contribution in [0.15, 0.2) is 134 Å². The van der Waals surface area contributed by atoms with Crippen LogP contribution in [0.5, 0.6) is 11.5 Å². The first kappa shape index (κ1) is 37.7. The van der Waals surface area contributed by atoms with Crippen LogP contribution in [-0.2, 0) is 21.1 Å². The number of hydrogen-bond acceptors (Lipinski definition) is 3. The molecule has 11 aromatic rings. The predicted molar refractivity (Wildman–Crippen MR) is 243 cm³/mol. The molecule has 7 aromatic carbocycles. The first-order chi connectivity index (χ1) is 28.8. The van der Waals surface area contributed by atoms with E-state index in [0.717, 1.165) is 60.3 Å². The van der Waals surface area contributed by atoms with Crippen LogP contribution in [0.1, 0.15) is 33.4 Å². The molecule has 0 saturated heterocycles. The van der Waals surface area contributed by atoms with Gasteiger partial charge in [0.05, 0.1) is 17.0 Å². The van der Waals surface area contributed by atoms with Crippen LogP contribution in [0.4, 0.5) is 0 Å². The molecule has 11 rings (SSSR count). The Balaban J connectivity index is 0.00000433. The van der Waals surface area contributed by atoms with Crippen molar-refractivity contribution in [1.29, 1.82) is 0 Å². The Bertz CT molecular complexity index is 3500. The molecule has 0 N–H and O–H groups in total. The summed E-state index contributed by atoms with van der Waals surface area (Å²) in [5, 5.41) is 6.21. The molecular formula is C54H40N4OPt. The van der Waals surface area contributed by atoms with E-state index in [1.807, 2.05) is 24.5 Å². The third-order valence-electron chi connectivity index (χ3n) is 12.3. The number of nitrogens with zero attached hydrogens (tertiary/aromatic N) is 4. The quantitative estimate of drug-likeness (QED) is 0.128. The Hall–Kier alpha value is -6.55. The maximum Gasteiger partial charge on any atom is 2.00 e. The minimum Gasteiger partial charge on any atom is -0.497 e. The van der Waals surface area contributed by atoms with Crippen molar-refractivity contribution in [3.05, 3.63) is 179 Å². The number of pyridine rings is 2. The van der Waals surface area contributed by atoms with E-state index in [1.54, 1.807) is 0 Å². The van der Waals surface area contributed by atoms with Gasteiger partial charge in [0.2, 0.25) is 0 Å². The van der Waals surface area contributed by atoms with Crippen molar-refractivity contribution in [3.63, 3.8) is 0 Å². The summed E-state index contributed by atoms with van der Waals surface area (Å²) >= 11 is 0. The zero-order chi connectivity index (χ0) is 40.1. The molecule has 0 fully saturated rings. The molecule has 292 valence electrons. The summed E-state index contributed by atoms with van der Waals surface area (Å²) in [6.45, 7) is 13.2. The molecule has 0 bridgehead atoms. The van der Waals surface area contributed by atoms with Crippen molar-refractivity contribution in [1.82, 2.24) is 18.8 Å². The standard InChI is InChI=1S/C54H40N4O.Pt/c1-31-12-9-13-32(2)48(31)43-25-24-42-40-23-21-37(28-44(40)53-55-26-27-57(53)52(42)51(43)50-35(5)16-11-17-36(50)6)59-38-20-22-39-41-18-7-8-19-46(41)58-47(30-56-54(58)45(39)29-38)49-33(3)14-10-15-34(49)4;/h7-27,30H,1-6H3;/q-2;+2. The average Bonchev–Trinajstić information content (AvgIpc) is 3.90. The number of fused-ring (bicyclic) bond motifs is 12. The van der Waals surface area contributed by atoms with Gasteiger partial charge in [-0.3, -0.25) is 9.97 Å². The minimum absolute atomic E-state index is 0. The van der Waals surface area contributed by atoms with Gasteiger partial charge in [-0.1, -0.05) is 131 Å². The molecule has 6 heteroatoms. The fourth-order valence-electron chi connectivity index (χ4n) is 9.69. The van der Waals surface area contributed by atoms with Gasteiger partial charge in [-0.2, -0.15) is 0 Å². The number of aromatic nitrogens is 4. The first-order valence-electron chi connectivity index (χ1n) is 20.2. The Labute approximate surface area is 363 Å². The van der Waals surface area contributed by atoms with E-state index in [1.165, 1.54) is 61.2 Å². The third kappa shape index (κ3) is 5.63. The number of para-hydroxylation sites is 1.